The van der Waals surface area contributed by atoms with Gasteiger partial charge in [-0.3, -0.25) is 20.1 Å². The minimum atomic E-state index is -0.705. The standard InChI is InChI=1S/C15H14N6OS/c1-15(4-12(22)21(2)14(17)20-15)13-19-8-11(23-13)10-3-9(5-16)6-18-7-10/h3,6-8H,4H2,1-2H3,(H2,17,20). The average Bonchev–Trinajstić information content (AvgIpc) is 3.03. The van der Waals surface area contributed by atoms with Crippen LogP contribution in [0.5, 0.6) is 0 Å². The number of aromatic nitrogens is 2. The molecule has 1 unspecified atom stereocenters. The van der Waals surface area contributed by atoms with E-state index >= 15 is 0 Å². The largest absolute Gasteiger partial charge is 0.344 e. The van der Waals surface area contributed by atoms with Gasteiger partial charge in [-0.05, 0) is 13.0 Å². The summed E-state index contributed by atoms with van der Waals surface area (Å²) in [6.07, 6.45) is 5.12. The first-order valence-electron chi connectivity index (χ1n) is 6.88. The van der Waals surface area contributed by atoms with Crippen LogP contribution in [0.4, 0.5) is 0 Å². The second kappa shape index (κ2) is 5.44. The van der Waals surface area contributed by atoms with Crippen molar-refractivity contribution >= 4 is 23.2 Å². The summed E-state index contributed by atoms with van der Waals surface area (Å²) in [5.74, 6) is -0.0604. The van der Waals surface area contributed by atoms with Crippen molar-refractivity contribution in [2.75, 3.05) is 7.05 Å². The number of amides is 1. The lowest BCUT2D eigenvalue weighted by atomic mass is 9.96. The molecule has 116 valence electrons. The summed E-state index contributed by atoms with van der Waals surface area (Å²) in [5.41, 5.74) is 0.591. The van der Waals surface area contributed by atoms with Gasteiger partial charge in [-0.1, -0.05) is 0 Å². The molecule has 1 aliphatic heterocycles. The van der Waals surface area contributed by atoms with Gasteiger partial charge in [-0.15, -0.1) is 11.3 Å². The first-order chi connectivity index (χ1) is 10.9. The third-order valence-electron chi connectivity index (χ3n) is 3.74. The lowest BCUT2D eigenvalue weighted by Crippen LogP contribution is -2.58. The summed E-state index contributed by atoms with van der Waals surface area (Å²) in [6, 6.07) is 3.81. The zero-order valence-electron chi connectivity index (χ0n) is 12.6. The maximum atomic E-state index is 12.0. The monoisotopic (exact) mass is 326 g/mol. The van der Waals surface area contributed by atoms with Crippen molar-refractivity contribution in [1.29, 1.82) is 10.7 Å². The summed E-state index contributed by atoms with van der Waals surface area (Å²) in [6.45, 7) is 1.86. The Morgan fingerprint density at radius 3 is 2.96 bits per heavy atom. The highest BCUT2D eigenvalue weighted by Gasteiger charge is 2.40. The molecule has 1 atom stereocenters. The highest BCUT2D eigenvalue weighted by Crippen LogP contribution is 2.35. The van der Waals surface area contributed by atoms with Crippen LogP contribution in [0.1, 0.15) is 23.9 Å². The minimum absolute atomic E-state index is 0.0636. The van der Waals surface area contributed by atoms with Gasteiger partial charge in [0.25, 0.3) is 0 Å². The molecule has 8 heteroatoms. The van der Waals surface area contributed by atoms with Gasteiger partial charge in [0.2, 0.25) is 5.91 Å². The molecule has 0 spiro atoms. The predicted molar refractivity (Wildman–Crippen MR) is 85.7 cm³/mol. The quantitative estimate of drug-likeness (QED) is 0.873. The summed E-state index contributed by atoms with van der Waals surface area (Å²) in [7, 11) is 1.57. The number of thiazole rings is 1. The molecule has 1 amide bonds. The van der Waals surface area contributed by atoms with Crippen molar-refractivity contribution in [2.45, 2.75) is 18.9 Å². The molecule has 0 bridgehead atoms. The number of nitrogens with one attached hydrogen (secondary N) is 2. The van der Waals surface area contributed by atoms with Gasteiger partial charge in [0.1, 0.15) is 11.1 Å². The molecule has 3 heterocycles. The van der Waals surface area contributed by atoms with Gasteiger partial charge in [0, 0.05) is 31.2 Å². The van der Waals surface area contributed by atoms with E-state index in [1.807, 2.05) is 6.92 Å². The number of nitriles is 1. The molecule has 0 aromatic carbocycles. The van der Waals surface area contributed by atoms with Crippen molar-refractivity contribution in [3.05, 3.63) is 35.2 Å². The Hall–Kier alpha value is -2.79. The second-order valence-corrected chi connectivity index (χ2v) is 6.57. The van der Waals surface area contributed by atoms with Crippen LogP contribution in [0.2, 0.25) is 0 Å². The lowest BCUT2D eigenvalue weighted by molar-refractivity contribution is -0.129. The summed E-state index contributed by atoms with van der Waals surface area (Å²) >= 11 is 1.43. The molecule has 1 aliphatic rings. The molecule has 1 saturated heterocycles. The van der Waals surface area contributed by atoms with E-state index in [0.717, 1.165) is 15.4 Å². The summed E-state index contributed by atoms with van der Waals surface area (Å²) in [5, 5.41) is 20.6. The highest BCUT2D eigenvalue weighted by molar-refractivity contribution is 7.15. The number of nitrogens with zero attached hydrogens (tertiary/aromatic N) is 4. The number of rotatable bonds is 2. The van der Waals surface area contributed by atoms with E-state index in [4.69, 9.17) is 10.7 Å². The molecule has 1 fully saturated rings. The number of carbonyl (C=O) groups is 1. The second-order valence-electron chi connectivity index (χ2n) is 5.54. The minimum Gasteiger partial charge on any atom is -0.344 e. The van der Waals surface area contributed by atoms with Gasteiger partial charge in [-0.25, -0.2) is 4.98 Å². The van der Waals surface area contributed by atoms with E-state index in [-0.39, 0.29) is 18.3 Å². The Morgan fingerprint density at radius 2 is 2.26 bits per heavy atom. The zero-order chi connectivity index (χ0) is 16.6. The molecule has 2 aromatic rings. The van der Waals surface area contributed by atoms with E-state index in [1.165, 1.54) is 22.4 Å². The molecule has 3 rings (SSSR count). The van der Waals surface area contributed by atoms with E-state index in [2.05, 4.69) is 21.4 Å². The molecule has 0 saturated carbocycles. The molecule has 0 radical (unpaired) electrons. The number of carbonyl (C=O) groups excluding carboxylic acids is 1. The van der Waals surface area contributed by atoms with Crippen molar-refractivity contribution < 1.29 is 4.79 Å². The van der Waals surface area contributed by atoms with Crippen LogP contribution in [-0.2, 0) is 10.3 Å². The normalized spacial score (nSPS) is 21.0. The molecule has 2 N–H and O–H groups in total. The highest BCUT2D eigenvalue weighted by atomic mass is 32.1. The number of guanidine groups is 1. The van der Waals surface area contributed by atoms with Crippen LogP contribution >= 0.6 is 11.3 Å². The molecular formula is C15H14N6OS. The number of hydrogen-bond acceptors (Lipinski definition) is 6. The van der Waals surface area contributed by atoms with Crippen LogP contribution in [0.15, 0.2) is 24.7 Å². The van der Waals surface area contributed by atoms with Crippen LogP contribution in [0.25, 0.3) is 10.4 Å². The molecular weight excluding hydrogens is 312 g/mol. The van der Waals surface area contributed by atoms with Crippen LogP contribution < -0.4 is 5.32 Å². The Balaban J connectivity index is 1.94. The van der Waals surface area contributed by atoms with Crippen LogP contribution in [-0.4, -0.2) is 33.8 Å². The fraction of sp³-hybridized carbons (Fsp3) is 0.267. The van der Waals surface area contributed by atoms with E-state index in [0.29, 0.717) is 5.56 Å². The van der Waals surface area contributed by atoms with Crippen molar-refractivity contribution in [3.8, 4) is 16.5 Å². The Labute approximate surface area is 137 Å². The maximum absolute atomic E-state index is 12.0. The molecule has 7 nitrogen and oxygen atoms in total. The molecule has 23 heavy (non-hydrogen) atoms. The first kappa shape index (κ1) is 15.1. The smallest absolute Gasteiger partial charge is 0.231 e. The van der Waals surface area contributed by atoms with Crippen LogP contribution in [0, 0.1) is 16.7 Å². The summed E-state index contributed by atoms with van der Waals surface area (Å²) < 4.78 is 0. The van der Waals surface area contributed by atoms with E-state index < -0.39 is 5.54 Å². The number of pyridine rings is 1. The average molecular weight is 326 g/mol. The topological polar surface area (TPSA) is 106 Å². The first-order valence-corrected chi connectivity index (χ1v) is 7.70. The summed E-state index contributed by atoms with van der Waals surface area (Å²) in [4.78, 5) is 22.7. The van der Waals surface area contributed by atoms with Gasteiger partial charge in [0.15, 0.2) is 5.96 Å². The van der Waals surface area contributed by atoms with Gasteiger partial charge >= 0.3 is 0 Å². The van der Waals surface area contributed by atoms with Crippen molar-refractivity contribution in [1.82, 2.24) is 20.2 Å². The Morgan fingerprint density at radius 1 is 1.48 bits per heavy atom. The van der Waals surface area contributed by atoms with Gasteiger partial charge in [0.05, 0.1) is 22.4 Å². The fourth-order valence-electron chi connectivity index (χ4n) is 2.36. The third-order valence-corrected chi connectivity index (χ3v) is 5.05. The van der Waals surface area contributed by atoms with E-state index in [9.17, 15) is 4.79 Å². The Bertz CT molecular complexity index is 818. The van der Waals surface area contributed by atoms with Gasteiger partial charge < -0.3 is 5.32 Å². The Kier molecular flexibility index (Phi) is 3.58. The SMILES string of the molecule is CN1C(=N)NC(C)(c2ncc(-c3cncc(C#N)c3)s2)CC1=O. The zero-order valence-corrected chi connectivity index (χ0v) is 13.4. The van der Waals surface area contributed by atoms with Crippen molar-refractivity contribution in [2.24, 2.45) is 0 Å². The lowest BCUT2D eigenvalue weighted by Gasteiger charge is -2.37. The predicted octanol–water partition coefficient (Wildman–Crippen LogP) is 1.68. The maximum Gasteiger partial charge on any atom is 0.231 e. The van der Waals surface area contributed by atoms with Crippen molar-refractivity contribution in [3.63, 3.8) is 0 Å². The van der Waals surface area contributed by atoms with Crippen LogP contribution in [0.3, 0.4) is 0 Å². The fourth-order valence-corrected chi connectivity index (χ4v) is 3.36. The number of hydrogen-bond donors (Lipinski definition) is 2. The van der Waals surface area contributed by atoms with E-state index in [1.54, 1.807) is 25.5 Å². The molecule has 2 aromatic heterocycles. The molecule has 0 aliphatic carbocycles. The third kappa shape index (κ3) is 2.66. The van der Waals surface area contributed by atoms with Gasteiger partial charge in [-0.2, -0.15) is 5.26 Å².